The van der Waals surface area contributed by atoms with E-state index >= 15 is 0 Å². The highest BCUT2D eigenvalue weighted by Gasteiger charge is 2.47. The molecule has 0 spiro atoms. The third kappa shape index (κ3) is 1.50. The highest BCUT2D eigenvalue weighted by Crippen LogP contribution is 2.33. The molecule has 1 heterocycles. The molecular formula is C10H14N2O2. The zero-order chi connectivity index (χ0) is 10.9. The van der Waals surface area contributed by atoms with Crippen molar-refractivity contribution in [2.24, 2.45) is 5.41 Å². The smallest absolute Gasteiger partial charge is 0.236 e. The molecule has 0 aromatic rings. The third-order valence-electron chi connectivity index (χ3n) is 2.51. The van der Waals surface area contributed by atoms with E-state index in [0.717, 1.165) is 4.90 Å². The Morgan fingerprint density at radius 1 is 1.57 bits per heavy atom. The fraction of sp³-hybridized carbons (Fsp3) is 0.700. The highest BCUT2D eigenvalue weighted by atomic mass is 16.2. The topological polar surface area (TPSA) is 61.2 Å². The van der Waals surface area contributed by atoms with Gasteiger partial charge in [-0.1, -0.05) is 20.8 Å². The maximum atomic E-state index is 11.8. The zero-order valence-corrected chi connectivity index (χ0v) is 8.70. The molecule has 0 aliphatic carbocycles. The van der Waals surface area contributed by atoms with Gasteiger partial charge in [0.2, 0.25) is 11.8 Å². The second-order valence-electron chi connectivity index (χ2n) is 4.18. The molecule has 1 rings (SSSR count). The molecule has 0 radical (unpaired) electrons. The van der Waals surface area contributed by atoms with E-state index in [1.54, 1.807) is 20.8 Å². The third-order valence-corrected chi connectivity index (χ3v) is 2.51. The summed E-state index contributed by atoms with van der Waals surface area (Å²) >= 11 is 0. The van der Waals surface area contributed by atoms with Crippen LogP contribution in [0.15, 0.2) is 0 Å². The number of amides is 2. The Balaban J connectivity index is 2.97. The van der Waals surface area contributed by atoms with Gasteiger partial charge in [-0.15, -0.1) is 0 Å². The summed E-state index contributed by atoms with van der Waals surface area (Å²) in [6, 6.07) is 1.38. The Morgan fingerprint density at radius 3 is 2.43 bits per heavy atom. The molecule has 4 heteroatoms. The number of nitrogens with zero attached hydrogens (tertiary/aromatic N) is 2. The number of rotatable bonds is 2. The summed E-state index contributed by atoms with van der Waals surface area (Å²) in [6.45, 7) is 5.26. The summed E-state index contributed by atoms with van der Waals surface area (Å²) in [5.74, 6) is -0.454. The van der Waals surface area contributed by atoms with Crippen molar-refractivity contribution in [2.45, 2.75) is 39.7 Å². The van der Waals surface area contributed by atoms with E-state index in [4.69, 9.17) is 5.26 Å². The van der Waals surface area contributed by atoms with Crippen molar-refractivity contribution in [3.63, 3.8) is 0 Å². The molecule has 0 aromatic heterocycles. The van der Waals surface area contributed by atoms with Crippen LogP contribution in [0.4, 0.5) is 0 Å². The molecule has 76 valence electrons. The summed E-state index contributed by atoms with van der Waals surface area (Å²) in [6.07, 6.45) is 0.702. The average Bonchev–Trinajstić information content (AvgIpc) is 2.29. The van der Waals surface area contributed by atoms with Gasteiger partial charge in [-0.25, -0.2) is 0 Å². The predicted molar refractivity (Wildman–Crippen MR) is 49.9 cm³/mol. The van der Waals surface area contributed by atoms with Gasteiger partial charge in [-0.3, -0.25) is 14.5 Å². The van der Waals surface area contributed by atoms with Crippen LogP contribution in [0, 0.1) is 16.7 Å². The van der Waals surface area contributed by atoms with Crippen LogP contribution in [0.3, 0.4) is 0 Å². The van der Waals surface area contributed by atoms with Gasteiger partial charge in [-0.2, -0.15) is 5.26 Å². The molecule has 0 saturated carbocycles. The minimum absolute atomic E-state index is 0.212. The highest BCUT2D eigenvalue weighted by molar-refractivity contribution is 6.06. The summed E-state index contributed by atoms with van der Waals surface area (Å²) < 4.78 is 0. The molecular weight excluding hydrogens is 180 g/mol. The maximum absolute atomic E-state index is 11.8. The van der Waals surface area contributed by atoms with Crippen LogP contribution in [0.2, 0.25) is 0 Å². The van der Waals surface area contributed by atoms with Gasteiger partial charge < -0.3 is 0 Å². The lowest BCUT2D eigenvalue weighted by Crippen LogP contribution is -2.40. The number of hydrogen-bond donors (Lipinski definition) is 0. The Hall–Kier alpha value is -1.37. The number of hydrogen-bond acceptors (Lipinski definition) is 3. The second kappa shape index (κ2) is 3.41. The molecule has 1 aliphatic heterocycles. The predicted octanol–water partition coefficient (Wildman–Crippen LogP) is 1.07. The molecule has 0 bridgehead atoms. The molecule has 1 aliphatic rings. The first-order chi connectivity index (χ1) is 6.44. The Bertz CT molecular complexity index is 315. The minimum atomic E-state index is -0.638. The standard InChI is InChI=1S/C10H14N2O2/c1-4-7(6-11)12-8(13)5-10(2,3)9(12)14/h7H,4-5H2,1-3H3. The van der Waals surface area contributed by atoms with E-state index in [9.17, 15) is 9.59 Å². The van der Waals surface area contributed by atoms with E-state index < -0.39 is 11.5 Å². The van der Waals surface area contributed by atoms with Gasteiger partial charge in [0, 0.05) is 6.42 Å². The van der Waals surface area contributed by atoms with Gasteiger partial charge in [0.25, 0.3) is 0 Å². The number of carbonyl (C=O) groups is 2. The van der Waals surface area contributed by atoms with Crippen LogP contribution in [-0.2, 0) is 9.59 Å². The second-order valence-corrected chi connectivity index (χ2v) is 4.18. The van der Waals surface area contributed by atoms with Gasteiger partial charge in [0.05, 0.1) is 11.5 Å². The Labute approximate surface area is 83.5 Å². The summed E-state index contributed by atoms with van der Waals surface area (Å²) in [5.41, 5.74) is -0.638. The van der Waals surface area contributed by atoms with Crippen LogP contribution in [0.25, 0.3) is 0 Å². The number of imide groups is 1. The maximum Gasteiger partial charge on any atom is 0.236 e. The minimum Gasteiger partial charge on any atom is -0.274 e. The molecule has 1 unspecified atom stereocenters. The van der Waals surface area contributed by atoms with E-state index in [-0.39, 0.29) is 18.2 Å². The van der Waals surface area contributed by atoms with Gasteiger partial charge in [0.1, 0.15) is 6.04 Å². The molecule has 2 amide bonds. The summed E-state index contributed by atoms with van der Waals surface area (Å²) in [4.78, 5) is 24.4. The van der Waals surface area contributed by atoms with Crippen molar-refractivity contribution in [3.05, 3.63) is 0 Å². The summed E-state index contributed by atoms with van der Waals surface area (Å²) in [5, 5.41) is 8.80. The lowest BCUT2D eigenvalue weighted by molar-refractivity contribution is -0.142. The Kier molecular flexibility index (Phi) is 2.61. The van der Waals surface area contributed by atoms with E-state index in [1.807, 2.05) is 6.07 Å². The Morgan fingerprint density at radius 2 is 2.14 bits per heavy atom. The van der Waals surface area contributed by atoms with Crippen molar-refractivity contribution in [1.29, 1.82) is 5.26 Å². The van der Waals surface area contributed by atoms with Crippen molar-refractivity contribution in [3.8, 4) is 6.07 Å². The number of carbonyl (C=O) groups excluding carboxylic acids is 2. The van der Waals surface area contributed by atoms with E-state index in [1.165, 1.54) is 0 Å². The molecule has 1 saturated heterocycles. The van der Waals surface area contributed by atoms with Crippen LogP contribution >= 0.6 is 0 Å². The fourth-order valence-corrected chi connectivity index (χ4v) is 1.63. The average molecular weight is 194 g/mol. The van der Waals surface area contributed by atoms with Crippen molar-refractivity contribution >= 4 is 11.8 Å². The first kappa shape index (κ1) is 10.7. The van der Waals surface area contributed by atoms with Crippen molar-refractivity contribution in [1.82, 2.24) is 4.90 Å². The quantitative estimate of drug-likeness (QED) is 0.618. The summed E-state index contributed by atoms with van der Waals surface area (Å²) in [7, 11) is 0. The molecule has 0 aromatic carbocycles. The first-order valence-corrected chi connectivity index (χ1v) is 4.70. The lowest BCUT2D eigenvalue weighted by atomic mass is 9.92. The van der Waals surface area contributed by atoms with E-state index in [0.29, 0.717) is 6.42 Å². The SMILES string of the molecule is CCC(C#N)N1C(=O)CC(C)(C)C1=O. The van der Waals surface area contributed by atoms with Crippen molar-refractivity contribution < 1.29 is 9.59 Å². The monoisotopic (exact) mass is 194 g/mol. The van der Waals surface area contributed by atoms with Crippen LogP contribution in [0.5, 0.6) is 0 Å². The lowest BCUT2D eigenvalue weighted by Gasteiger charge is -2.21. The van der Waals surface area contributed by atoms with Crippen molar-refractivity contribution in [2.75, 3.05) is 0 Å². The molecule has 14 heavy (non-hydrogen) atoms. The molecule has 0 N–H and O–H groups in total. The first-order valence-electron chi connectivity index (χ1n) is 4.70. The van der Waals surface area contributed by atoms with Gasteiger partial charge >= 0.3 is 0 Å². The number of nitriles is 1. The molecule has 4 nitrogen and oxygen atoms in total. The molecule has 1 atom stereocenters. The van der Waals surface area contributed by atoms with Crippen LogP contribution in [0.1, 0.15) is 33.6 Å². The van der Waals surface area contributed by atoms with Gasteiger partial charge in [0.15, 0.2) is 0 Å². The zero-order valence-electron chi connectivity index (χ0n) is 8.70. The van der Waals surface area contributed by atoms with Crippen LogP contribution in [-0.4, -0.2) is 22.8 Å². The molecule has 1 fully saturated rings. The van der Waals surface area contributed by atoms with Gasteiger partial charge in [-0.05, 0) is 6.42 Å². The normalized spacial score (nSPS) is 22.3. The largest absolute Gasteiger partial charge is 0.274 e. The fourth-order valence-electron chi connectivity index (χ4n) is 1.63. The van der Waals surface area contributed by atoms with E-state index in [2.05, 4.69) is 0 Å². The van der Waals surface area contributed by atoms with Crippen LogP contribution < -0.4 is 0 Å². The number of likely N-dealkylation sites (tertiary alicyclic amines) is 1.